The number of halogens is 1. The van der Waals surface area contributed by atoms with Crippen molar-refractivity contribution in [2.24, 2.45) is 0 Å². The lowest BCUT2D eigenvalue weighted by molar-refractivity contribution is 0.0601. The maximum absolute atomic E-state index is 13.2. The van der Waals surface area contributed by atoms with E-state index in [4.69, 9.17) is 5.73 Å². The average molecular weight is 211 g/mol. The Hall–Kier alpha value is -1.91. The number of hydrogen-bond donors (Lipinski definition) is 1. The lowest BCUT2D eigenvalue weighted by atomic mass is 10.1. The van der Waals surface area contributed by atoms with E-state index in [-0.39, 0.29) is 22.6 Å². The van der Waals surface area contributed by atoms with E-state index < -0.39 is 11.8 Å². The van der Waals surface area contributed by atoms with E-state index in [2.05, 4.69) is 4.74 Å². The molecule has 5 heteroatoms. The number of hydrogen-bond acceptors (Lipinski definition) is 4. The predicted molar refractivity (Wildman–Crippen MR) is 52.2 cm³/mol. The van der Waals surface area contributed by atoms with Crippen molar-refractivity contribution in [1.82, 2.24) is 0 Å². The van der Waals surface area contributed by atoms with Crippen LogP contribution in [0.2, 0.25) is 0 Å². The Bertz CT molecular complexity index is 429. The largest absolute Gasteiger partial charge is 0.465 e. The highest BCUT2D eigenvalue weighted by atomic mass is 19.1. The van der Waals surface area contributed by atoms with Crippen LogP contribution in [0.5, 0.6) is 0 Å². The molecule has 1 aromatic carbocycles. The van der Waals surface area contributed by atoms with Gasteiger partial charge in [-0.3, -0.25) is 4.79 Å². The van der Waals surface area contributed by atoms with Crippen LogP contribution < -0.4 is 5.73 Å². The molecule has 80 valence electrons. The van der Waals surface area contributed by atoms with Gasteiger partial charge in [-0.25, -0.2) is 9.18 Å². The molecule has 0 saturated carbocycles. The van der Waals surface area contributed by atoms with Gasteiger partial charge in [0, 0.05) is 5.56 Å². The molecule has 15 heavy (non-hydrogen) atoms. The summed E-state index contributed by atoms with van der Waals surface area (Å²) >= 11 is 0. The van der Waals surface area contributed by atoms with Crippen LogP contribution in [0.15, 0.2) is 12.1 Å². The molecule has 0 radical (unpaired) electrons. The first-order valence-corrected chi connectivity index (χ1v) is 4.15. The molecule has 0 fully saturated rings. The second-order valence-electron chi connectivity index (χ2n) is 2.97. The minimum atomic E-state index is -0.803. The fourth-order valence-corrected chi connectivity index (χ4v) is 1.10. The molecular weight excluding hydrogens is 201 g/mol. The molecule has 0 aliphatic heterocycles. The van der Waals surface area contributed by atoms with Gasteiger partial charge in [0.1, 0.15) is 5.82 Å². The molecule has 0 amide bonds. The number of nitrogen functional groups attached to an aromatic ring is 1. The first kappa shape index (κ1) is 11.2. The zero-order valence-corrected chi connectivity index (χ0v) is 8.33. The summed E-state index contributed by atoms with van der Waals surface area (Å²) in [5.74, 6) is -1.92. The highest BCUT2D eigenvalue weighted by molar-refractivity contribution is 6.00. The monoisotopic (exact) mass is 211 g/mol. The van der Waals surface area contributed by atoms with Crippen LogP contribution in [-0.4, -0.2) is 18.9 Å². The quantitative estimate of drug-likeness (QED) is 0.456. The van der Waals surface area contributed by atoms with Crippen molar-refractivity contribution >= 4 is 17.4 Å². The van der Waals surface area contributed by atoms with Crippen molar-refractivity contribution in [2.45, 2.75) is 6.92 Å². The van der Waals surface area contributed by atoms with Gasteiger partial charge in [0.25, 0.3) is 0 Å². The highest BCUT2D eigenvalue weighted by Gasteiger charge is 2.16. The fraction of sp³-hybridized carbons (Fsp3) is 0.200. The third-order valence-electron chi connectivity index (χ3n) is 1.94. The number of rotatable bonds is 2. The Kier molecular flexibility index (Phi) is 3.04. The number of Topliss-reactive ketones (excluding diaryl/α,β-unsaturated/α-hetero) is 1. The number of carbonyl (C=O) groups excluding carboxylic acids is 2. The number of benzene rings is 1. The van der Waals surface area contributed by atoms with Crippen molar-refractivity contribution in [3.05, 3.63) is 29.1 Å². The van der Waals surface area contributed by atoms with Crippen molar-refractivity contribution < 1.29 is 18.7 Å². The number of ketones is 1. The van der Waals surface area contributed by atoms with Gasteiger partial charge in [-0.1, -0.05) is 0 Å². The molecule has 0 saturated heterocycles. The van der Waals surface area contributed by atoms with Gasteiger partial charge in [0.2, 0.25) is 0 Å². The number of anilines is 1. The summed E-state index contributed by atoms with van der Waals surface area (Å²) < 4.78 is 17.6. The Morgan fingerprint density at radius 2 is 2.00 bits per heavy atom. The molecule has 0 aromatic heterocycles. The molecule has 0 bridgehead atoms. The van der Waals surface area contributed by atoms with Crippen molar-refractivity contribution in [3.8, 4) is 0 Å². The van der Waals surface area contributed by atoms with Crippen LogP contribution in [0.4, 0.5) is 10.1 Å². The topological polar surface area (TPSA) is 69.4 Å². The second kappa shape index (κ2) is 4.08. The van der Waals surface area contributed by atoms with Crippen LogP contribution in [0.25, 0.3) is 0 Å². The van der Waals surface area contributed by atoms with Crippen LogP contribution in [0.1, 0.15) is 27.6 Å². The molecule has 0 spiro atoms. The lowest BCUT2D eigenvalue weighted by Crippen LogP contribution is -2.09. The first-order chi connectivity index (χ1) is 6.97. The van der Waals surface area contributed by atoms with Crippen molar-refractivity contribution in [3.63, 3.8) is 0 Å². The van der Waals surface area contributed by atoms with Crippen LogP contribution >= 0.6 is 0 Å². The van der Waals surface area contributed by atoms with Gasteiger partial charge >= 0.3 is 5.97 Å². The molecule has 0 atom stereocenters. The minimum Gasteiger partial charge on any atom is -0.465 e. The molecule has 2 N–H and O–H groups in total. The van der Waals surface area contributed by atoms with E-state index in [0.717, 1.165) is 13.2 Å². The molecule has 4 nitrogen and oxygen atoms in total. The third-order valence-corrected chi connectivity index (χ3v) is 1.94. The van der Waals surface area contributed by atoms with Gasteiger partial charge in [0.05, 0.1) is 18.4 Å². The predicted octanol–water partition coefficient (Wildman–Crippen LogP) is 1.40. The number of methoxy groups -OCH3 is 1. The van der Waals surface area contributed by atoms with E-state index >= 15 is 0 Å². The minimum absolute atomic E-state index is 0.0853. The molecule has 0 heterocycles. The smallest absolute Gasteiger partial charge is 0.340 e. The SMILES string of the molecule is COC(=O)c1cc(C(C)=O)cc(F)c1N. The van der Waals surface area contributed by atoms with Gasteiger partial charge < -0.3 is 10.5 Å². The maximum Gasteiger partial charge on any atom is 0.340 e. The summed E-state index contributed by atoms with van der Waals surface area (Å²) in [4.78, 5) is 22.2. The highest BCUT2D eigenvalue weighted by Crippen LogP contribution is 2.20. The maximum atomic E-state index is 13.2. The zero-order valence-electron chi connectivity index (χ0n) is 8.33. The van der Waals surface area contributed by atoms with Crippen LogP contribution in [0.3, 0.4) is 0 Å². The fourth-order valence-electron chi connectivity index (χ4n) is 1.10. The summed E-state index contributed by atoms with van der Waals surface area (Å²) in [7, 11) is 1.15. The molecule has 0 aliphatic rings. The Morgan fingerprint density at radius 3 is 2.47 bits per heavy atom. The number of ether oxygens (including phenoxy) is 1. The number of carbonyl (C=O) groups is 2. The number of nitrogens with two attached hydrogens (primary N) is 1. The summed E-state index contributed by atoms with van der Waals surface area (Å²) in [5.41, 5.74) is 4.98. The second-order valence-corrected chi connectivity index (χ2v) is 2.97. The van der Waals surface area contributed by atoms with E-state index in [0.29, 0.717) is 0 Å². The molecule has 1 rings (SSSR count). The van der Waals surface area contributed by atoms with Crippen molar-refractivity contribution in [1.29, 1.82) is 0 Å². The van der Waals surface area contributed by atoms with Gasteiger partial charge in [-0.2, -0.15) is 0 Å². The Morgan fingerprint density at radius 1 is 1.40 bits per heavy atom. The average Bonchev–Trinajstić information content (AvgIpc) is 2.20. The number of esters is 1. The molecule has 0 aliphatic carbocycles. The normalized spacial score (nSPS) is 9.80. The molecule has 1 aromatic rings. The third kappa shape index (κ3) is 2.12. The zero-order chi connectivity index (χ0) is 11.6. The summed E-state index contributed by atoms with van der Waals surface area (Å²) in [6, 6.07) is 2.21. The first-order valence-electron chi connectivity index (χ1n) is 4.15. The van der Waals surface area contributed by atoms with Gasteiger partial charge in [0.15, 0.2) is 5.78 Å². The summed E-state index contributed by atoms with van der Waals surface area (Å²) in [6.07, 6.45) is 0. The van der Waals surface area contributed by atoms with Crippen molar-refractivity contribution in [2.75, 3.05) is 12.8 Å². The van der Waals surface area contributed by atoms with E-state index in [9.17, 15) is 14.0 Å². The van der Waals surface area contributed by atoms with Gasteiger partial charge in [-0.05, 0) is 19.1 Å². The van der Waals surface area contributed by atoms with E-state index in [1.165, 1.54) is 13.0 Å². The Balaban J connectivity index is 3.37. The molecule has 0 unspecified atom stereocenters. The van der Waals surface area contributed by atoms with E-state index in [1.807, 2.05) is 0 Å². The molecular formula is C10H10FNO3. The van der Waals surface area contributed by atoms with E-state index in [1.54, 1.807) is 0 Å². The Labute approximate surface area is 85.8 Å². The van der Waals surface area contributed by atoms with Crippen LogP contribution in [0, 0.1) is 5.82 Å². The standard InChI is InChI=1S/C10H10FNO3/c1-5(13)6-3-7(10(14)15-2)9(12)8(11)4-6/h3-4H,12H2,1-2H3. The lowest BCUT2D eigenvalue weighted by Gasteiger charge is -2.06. The van der Waals surface area contributed by atoms with Crippen LogP contribution in [-0.2, 0) is 4.74 Å². The summed E-state index contributed by atoms with van der Waals surface area (Å²) in [5, 5.41) is 0. The summed E-state index contributed by atoms with van der Waals surface area (Å²) in [6.45, 7) is 1.27. The van der Waals surface area contributed by atoms with Gasteiger partial charge in [-0.15, -0.1) is 0 Å².